The van der Waals surface area contributed by atoms with E-state index in [9.17, 15) is 0 Å². The van der Waals surface area contributed by atoms with Crippen LogP contribution < -0.4 is 17.6 Å². The first-order chi connectivity index (χ1) is 5.46. The van der Waals surface area contributed by atoms with Crippen LogP contribution in [0.1, 0.15) is 35.1 Å². The van der Waals surface area contributed by atoms with Gasteiger partial charge < -0.3 is 17.6 Å². The van der Waals surface area contributed by atoms with Crippen molar-refractivity contribution in [3.8, 4) is 0 Å². The van der Waals surface area contributed by atoms with Gasteiger partial charge in [-0.2, -0.15) is 0 Å². The van der Waals surface area contributed by atoms with Gasteiger partial charge >= 0.3 is 0 Å². The van der Waals surface area contributed by atoms with Gasteiger partial charge in [0, 0.05) is 0 Å². The van der Waals surface area contributed by atoms with Gasteiger partial charge in [-0.3, -0.25) is 9.59 Å². The number of amides is 2. The van der Waals surface area contributed by atoms with Crippen LogP contribution in [0.15, 0.2) is 0 Å². The summed E-state index contributed by atoms with van der Waals surface area (Å²) >= 11 is 6.21. The Morgan fingerprint density at radius 2 is 0.857 bits per heavy atom. The third kappa shape index (κ3) is 8150. The summed E-state index contributed by atoms with van der Waals surface area (Å²) in [5.41, 5.74) is 8.67. The van der Waals surface area contributed by atoms with Gasteiger partial charge in [-0.25, -0.2) is 0 Å². The Morgan fingerprint density at radius 3 is 0.857 bits per heavy atom. The standard InChI is InChI=1S/2C2H6.2CH3NOS.CH4.H3N/c2*1-2;2*2-1(3)4;;/h2*1-2H3;2*(H3,2,3,4);1H4;1H3. The molecule has 0 aromatic carbocycles. The maximum Gasteiger partial charge on any atom is 0.273 e. The number of primary amides is 2. The number of hydrogen-bond donors (Lipinski definition) is 5. The Kier molecular flexibility index (Phi) is 144. The molecule has 0 aromatic rings. The van der Waals surface area contributed by atoms with Gasteiger partial charge in [-0.15, -0.1) is 0 Å². The minimum absolute atomic E-state index is 0. The van der Waals surface area contributed by atoms with E-state index in [1.807, 2.05) is 27.7 Å². The molecule has 2 amide bonds. The van der Waals surface area contributed by atoms with Crippen LogP contribution in [0.3, 0.4) is 0 Å². The average molecular weight is 247 g/mol. The van der Waals surface area contributed by atoms with Crippen molar-refractivity contribution in [3.05, 3.63) is 0 Å². The highest BCUT2D eigenvalue weighted by Crippen LogP contribution is 1.61. The second-order valence-electron chi connectivity index (χ2n) is 0.676. The lowest BCUT2D eigenvalue weighted by Crippen LogP contribution is -1.95. The zero-order chi connectivity index (χ0) is 11.2. The maximum atomic E-state index is 9.09. The minimum Gasteiger partial charge on any atom is -0.361 e. The summed E-state index contributed by atoms with van der Waals surface area (Å²) in [6, 6.07) is 0. The molecule has 0 atom stereocenters. The Balaban J connectivity index is -0.0000000153. The third-order valence-electron chi connectivity index (χ3n) is 0. The number of carbonyl (C=O) groups is 2. The monoisotopic (exact) mass is 247 g/mol. The molecule has 0 unspecified atom stereocenters. The highest BCUT2D eigenvalue weighted by atomic mass is 32.1. The van der Waals surface area contributed by atoms with E-state index < -0.39 is 10.5 Å². The van der Waals surface area contributed by atoms with Crippen LogP contribution in [-0.4, -0.2) is 10.5 Å². The van der Waals surface area contributed by atoms with Crippen molar-refractivity contribution in [2.24, 2.45) is 11.5 Å². The molecule has 0 saturated carbocycles. The van der Waals surface area contributed by atoms with Gasteiger partial charge in [0.1, 0.15) is 0 Å². The highest BCUT2D eigenvalue weighted by molar-refractivity contribution is 7.96. The second kappa shape index (κ2) is 54.1. The van der Waals surface area contributed by atoms with E-state index >= 15 is 0 Å². The summed E-state index contributed by atoms with van der Waals surface area (Å²) in [5.74, 6) is 0. The highest BCUT2D eigenvalue weighted by Gasteiger charge is 1.63. The fourth-order valence-corrected chi connectivity index (χ4v) is 0. The third-order valence-corrected chi connectivity index (χ3v) is 0. The van der Waals surface area contributed by atoms with Gasteiger partial charge in [-0.05, 0) is 0 Å². The van der Waals surface area contributed by atoms with E-state index in [1.165, 1.54) is 0 Å². The number of nitrogens with two attached hydrogens (primary N) is 2. The first kappa shape index (κ1) is 37.4. The molecule has 92 valence electrons. The van der Waals surface area contributed by atoms with Crippen molar-refractivity contribution in [3.63, 3.8) is 0 Å². The van der Waals surface area contributed by atoms with Crippen molar-refractivity contribution in [2.75, 3.05) is 0 Å². The van der Waals surface area contributed by atoms with Gasteiger partial charge in [0.05, 0.1) is 0 Å². The molecule has 0 bridgehead atoms. The summed E-state index contributed by atoms with van der Waals surface area (Å²) in [6.07, 6.45) is 0. The first-order valence-electron chi connectivity index (χ1n) is 3.43. The van der Waals surface area contributed by atoms with E-state index in [2.05, 4.69) is 36.7 Å². The summed E-state index contributed by atoms with van der Waals surface area (Å²) in [4.78, 5) is 18.2. The fourth-order valence-electron chi connectivity index (χ4n) is 0. The Bertz CT molecular complexity index is 82.9. The Morgan fingerprint density at radius 1 is 0.857 bits per heavy atom. The van der Waals surface area contributed by atoms with Crippen molar-refractivity contribution in [1.82, 2.24) is 6.15 Å². The summed E-state index contributed by atoms with van der Waals surface area (Å²) in [6.45, 7) is 8.00. The molecule has 0 rings (SSSR count). The predicted molar refractivity (Wildman–Crippen MR) is 71.6 cm³/mol. The molecule has 0 heterocycles. The number of thiol groups is 2. The van der Waals surface area contributed by atoms with E-state index in [-0.39, 0.29) is 13.6 Å². The van der Waals surface area contributed by atoms with Crippen molar-refractivity contribution in [2.45, 2.75) is 35.1 Å². The van der Waals surface area contributed by atoms with Crippen LogP contribution in [0.2, 0.25) is 0 Å². The largest absolute Gasteiger partial charge is 0.361 e. The molecule has 0 spiro atoms. The molecular formula is C7H25N3O2S2. The molecule has 0 radical (unpaired) electrons. The Hall–Kier alpha value is -0.400. The molecule has 0 aliphatic heterocycles. The van der Waals surface area contributed by atoms with Gasteiger partial charge in [0.2, 0.25) is 0 Å². The van der Waals surface area contributed by atoms with Gasteiger partial charge in [0.15, 0.2) is 0 Å². The van der Waals surface area contributed by atoms with E-state index in [0.717, 1.165) is 0 Å². The molecular weight excluding hydrogens is 222 g/mol. The van der Waals surface area contributed by atoms with Crippen LogP contribution in [0.4, 0.5) is 9.59 Å². The molecule has 14 heavy (non-hydrogen) atoms. The predicted octanol–water partition coefficient (Wildman–Crippen LogP) is 2.84. The lowest BCUT2D eigenvalue weighted by Gasteiger charge is -1.59. The summed E-state index contributed by atoms with van der Waals surface area (Å²) in [5, 5.41) is -1.28. The smallest absolute Gasteiger partial charge is 0.273 e. The van der Waals surface area contributed by atoms with Crippen LogP contribution in [-0.2, 0) is 0 Å². The molecule has 0 aliphatic carbocycles. The van der Waals surface area contributed by atoms with E-state index in [4.69, 9.17) is 9.59 Å². The number of carbonyl (C=O) groups excluding carboxylic acids is 2. The van der Waals surface area contributed by atoms with E-state index in [0.29, 0.717) is 0 Å². The molecule has 0 saturated heterocycles. The lowest BCUT2D eigenvalue weighted by atomic mass is 11.0. The Labute approximate surface area is 98.4 Å². The lowest BCUT2D eigenvalue weighted by molar-refractivity contribution is 0.266. The maximum absolute atomic E-state index is 9.09. The van der Waals surface area contributed by atoms with Gasteiger partial charge in [0.25, 0.3) is 10.5 Å². The van der Waals surface area contributed by atoms with Crippen molar-refractivity contribution in [1.29, 1.82) is 0 Å². The summed E-state index contributed by atoms with van der Waals surface area (Å²) in [7, 11) is 0. The molecule has 0 aliphatic rings. The zero-order valence-corrected chi connectivity index (χ0v) is 10.4. The molecule has 7 heteroatoms. The van der Waals surface area contributed by atoms with Crippen molar-refractivity contribution < 1.29 is 9.59 Å². The fraction of sp³-hybridized carbons (Fsp3) is 0.714. The van der Waals surface area contributed by atoms with Crippen LogP contribution in [0.25, 0.3) is 0 Å². The molecule has 0 aromatic heterocycles. The zero-order valence-electron chi connectivity index (χ0n) is 8.57. The van der Waals surface area contributed by atoms with Crippen LogP contribution in [0, 0.1) is 0 Å². The quantitative estimate of drug-likeness (QED) is 0.423. The first-order valence-corrected chi connectivity index (χ1v) is 4.33. The summed E-state index contributed by atoms with van der Waals surface area (Å²) < 4.78 is 0. The number of rotatable bonds is 0. The number of hydrogen-bond acceptors (Lipinski definition) is 3. The molecule has 7 N–H and O–H groups in total. The van der Waals surface area contributed by atoms with Crippen LogP contribution >= 0.6 is 25.3 Å². The van der Waals surface area contributed by atoms with E-state index in [1.54, 1.807) is 0 Å². The molecule has 0 fully saturated rings. The normalized spacial score (nSPS) is 4.43. The second-order valence-corrected chi connectivity index (χ2v) is 1.56. The van der Waals surface area contributed by atoms with Crippen LogP contribution in [0.5, 0.6) is 0 Å². The van der Waals surface area contributed by atoms with Gasteiger partial charge in [-0.1, -0.05) is 60.4 Å². The topological polar surface area (TPSA) is 121 Å². The molecule has 5 nitrogen and oxygen atoms in total. The minimum atomic E-state index is -0.639. The SMILES string of the molecule is C.CC.CC.N.NC(=O)S.NC(=O)S. The van der Waals surface area contributed by atoms with Crippen molar-refractivity contribution >= 4 is 35.7 Å². The average Bonchev–Trinajstić information content (AvgIpc) is 1.93.